The number of alkyl halides is 3. The van der Waals surface area contributed by atoms with Gasteiger partial charge in [-0.05, 0) is 50.2 Å². The molecule has 0 fully saturated rings. The minimum atomic E-state index is -4.61. The van der Waals surface area contributed by atoms with Gasteiger partial charge >= 0.3 is 6.18 Å². The summed E-state index contributed by atoms with van der Waals surface area (Å²) in [7, 11) is 3.13. The molecule has 204 valence electrons. The number of benzene rings is 2. The van der Waals surface area contributed by atoms with Crippen LogP contribution in [0.5, 0.6) is 5.75 Å². The van der Waals surface area contributed by atoms with Crippen molar-refractivity contribution >= 4 is 23.0 Å². The van der Waals surface area contributed by atoms with E-state index < -0.39 is 17.6 Å². The topological polar surface area (TPSA) is 123 Å². The van der Waals surface area contributed by atoms with Crippen LogP contribution >= 0.6 is 0 Å². The molecule has 0 radical (unpaired) electrons. The number of aryl methyl sites for hydroxylation is 2. The summed E-state index contributed by atoms with van der Waals surface area (Å²) < 4.78 is 47.8. The van der Waals surface area contributed by atoms with Crippen molar-refractivity contribution in [3.05, 3.63) is 76.2 Å². The lowest BCUT2D eigenvalue weighted by Gasteiger charge is -2.20. The summed E-state index contributed by atoms with van der Waals surface area (Å²) >= 11 is 0. The predicted octanol–water partition coefficient (Wildman–Crippen LogP) is 4.06. The standard InChI is InChI=1S/C26H32F3N7O2/c1-6-32-12-18-9-19(26(27,28)29)11-22(24(18)38-5)34-25(37)17-8-7-15(2)23(10-17)36(31)14-21(30)20-13-33-35(4)16(20)3/h7-11,13-14,32H,6,12,30-31H2,1-5H3,(H,34,37)/b21-14-. The third kappa shape index (κ3) is 6.26. The van der Waals surface area contributed by atoms with E-state index in [0.717, 1.165) is 23.4 Å². The first-order valence-electron chi connectivity index (χ1n) is 11.8. The number of methoxy groups -OCH3 is 1. The molecular weight excluding hydrogens is 499 g/mol. The lowest BCUT2D eigenvalue weighted by molar-refractivity contribution is -0.137. The van der Waals surface area contributed by atoms with E-state index in [-0.39, 0.29) is 29.1 Å². The molecule has 0 spiro atoms. The Bertz CT molecular complexity index is 1350. The van der Waals surface area contributed by atoms with Crippen LogP contribution in [0.3, 0.4) is 0 Å². The Morgan fingerprint density at radius 3 is 2.53 bits per heavy atom. The molecule has 0 bridgehead atoms. The number of hydrogen-bond acceptors (Lipinski definition) is 7. The Morgan fingerprint density at radius 2 is 1.95 bits per heavy atom. The van der Waals surface area contributed by atoms with Crippen molar-refractivity contribution in [1.29, 1.82) is 0 Å². The Balaban J connectivity index is 1.95. The lowest BCUT2D eigenvalue weighted by Crippen LogP contribution is -2.27. The second-order valence-corrected chi connectivity index (χ2v) is 8.71. The molecular formula is C26H32F3N7O2. The number of aromatic nitrogens is 2. The van der Waals surface area contributed by atoms with Gasteiger partial charge in [0.25, 0.3) is 5.91 Å². The van der Waals surface area contributed by atoms with Crippen LogP contribution in [0, 0.1) is 13.8 Å². The van der Waals surface area contributed by atoms with Gasteiger partial charge in [-0.25, -0.2) is 5.84 Å². The molecule has 0 aliphatic carbocycles. The van der Waals surface area contributed by atoms with E-state index in [0.29, 0.717) is 23.5 Å². The van der Waals surface area contributed by atoms with Gasteiger partial charge in [0.1, 0.15) is 5.75 Å². The molecule has 0 aliphatic heterocycles. The quantitative estimate of drug-likeness (QED) is 0.243. The summed E-state index contributed by atoms with van der Waals surface area (Å²) in [5.41, 5.74) is 8.83. The molecule has 0 aliphatic rings. The summed E-state index contributed by atoms with van der Waals surface area (Å²) in [5.74, 6) is 5.77. The van der Waals surface area contributed by atoms with E-state index in [9.17, 15) is 18.0 Å². The van der Waals surface area contributed by atoms with Crippen LogP contribution in [-0.4, -0.2) is 29.3 Å². The molecule has 12 heteroatoms. The number of ether oxygens (including phenoxy) is 1. The highest BCUT2D eigenvalue weighted by Crippen LogP contribution is 2.38. The highest BCUT2D eigenvalue weighted by atomic mass is 19.4. The molecule has 0 saturated heterocycles. The molecule has 9 nitrogen and oxygen atoms in total. The number of carbonyl (C=O) groups excluding carboxylic acids is 1. The molecule has 1 amide bonds. The molecule has 1 heterocycles. The van der Waals surface area contributed by atoms with Crippen LogP contribution in [0.4, 0.5) is 24.5 Å². The smallest absolute Gasteiger partial charge is 0.416 e. The molecule has 2 aromatic carbocycles. The average molecular weight is 532 g/mol. The van der Waals surface area contributed by atoms with Gasteiger partial charge in [-0.3, -0.25) is 14.5 Å². The Kier molecular flexibility index (Phi) is 8.69. The van der Waals surface area contributed by atoms with Gasteiger partial charge < -0.3 is 21.1 Å². The molecule has 6 N–H and O–H groups in total. The average Bonchev–Trinajstić information content (AvgIpc) is 3.19. The number of hydrogen-bond donors (Lipinski definition) is 4. The Hall–Kier alpha value is -4.03. The minimum absolute atomic E-state index is 0.0943. The van der Waals surface area contributed by atoms with E-state index in [4.69, 9.17) is 16.3 Å². The SMILES string of the molecule is CCNCc1cc(C(F)(F)F)cc(NC(=O)c2ccc(C)c(N(N)/C=C(\N)c3cnn(C)c3C)c2)c1OC. The normalized spacial score (nSPS) is 12.0. The summed E-state index contributed by atoms with van der Waals surface area (Å²) in [6, 6.07) is 6.64. The van der Waals surface area contributed by atoms with Gasteiger partial charge in [0, 0.05) is 42.2 Å². The lowest BCUT2D eigenvalue weighted by atomic mass is 10.1. The van der Waals surface area contributed by atoms with Crippen LogP contribution in [-0.2, 0) is 19.8 Å². The molecule has 0 atom stereocenters. The number of nitrogens with two attached hydrogens (primary N) is 2. The first-order valence-corrected chi connectivity index (χ1v) is 11.8. The van der Waals surface area contributed by atoms with Crippen molar-refractivity contribution in [2.75, 3.05) is 24.0 Å². The summed E-state index contributed by atoms with van der Waals surface area (Å²) in [6.07, 6.45) is -1.47. The van der Waals surface area contributed by atoms with Crippen molar-refractivity contribution < 1.29 is 22.7 Å². The zero-order valence-electron chi connectivity index (χ0n) is 21.9. The van der Waals surface area contributed by atoms with Crippen molar-refractivity contribution in [2.24, 2.45) is 18.6 Å². The Morgan fingerprint density at radius 1 is 1.24 bits per heavy atom. The van der Waals surface area contributed by atoms with Crippen LogP contribution < -0.4 is 32.0 Å². The number of carbonyl (C=O) groups is 1. The fourth-order valence-electron chi connectivity index (χ4n) is 3.87. The largest absolute Gasteiger partial charge is 0.494 e. The maximum Gasteiger partial charge on any atom is 0.416 e. The number of halogens is 3. The number of anilines is 2. The zero-order chi connectivity index (χ0) is 28.2. The highest BCUT2D eigenvalue weighted by Gasteiger charge is 2.33. The number of nitrogens with one attached hydrogen (secondary N) is 2. The molecule has 0 saturated carbocycles. The fourth-order valence-corrected chi connectivity index (χ4v) is 3.87. The van der Waals surface area contributed by atoms with Gasteiger partial charge in [-0.1, -0.05) is 13.0 Å². The maximum atomic E-state index is 13.6. The van der Waals surface area contributed by atoms with E-state index >= 15 is 0 Å². The monoisotopic (exact) mass is 531 g/mol. The van der Waals surface area contributed by atoms with Crippen molar-refractivity contribution in [1.82, 2.24) is 15.1 Å². The number of nitrogens with zero attached hydrogens (tertiary/aromatic N) is 3. The van der Waals surface area contributed by atoms with E-state index in [2.05, 4.69) is 15.7 Å². The van der Waals surface area contributed by atoms with Crippen LogP contribution in [0.1, 0.15) is 45.2 Å². The predicted molar refractivity (Wildman–Crippen MR) is 141 cm³/mol. The third-order valence-electron chi connectivity index (χ3n) is 6.08. The fraction of sp³-hybridized carbons (Fsp3) is 0.308. The van der Waals surface area contributed by atoms with Gasteiger partial charge in [0.2, 0.25) is 0 Å². The first kappa shape index (κ1) is 28.5. The third-order valence-corrected chi connectivity index (χ3v) is 6.08. The van der Waals surface area contributed by atoms with Crippen LogP contribution in [0.25, 0.3) is 5.70 Å². The van der Waals surface area contributed by atoms with Crippen molar-refractivity contribution in [2.45, 2.75) is 33.5 Å². The molecule has 1 aromatic heterocycles. The summed E-state index contributed by atoms with van der Waals surface area (Å²) in [4.78, 5) is 13.2. The van der Waals surface area contributed by atoms with Crippen LogP contribution in [0.2, 0.25) is 0 Å². The van der Waals surface area contributed by atoms with Crippen molar-refractivity contribution in [3.63, 3.8) is 0 Å². The molecule has 38 heavy (non-hydrogen) atoms. The van der Waals surface area contributed by atoms with Gasteiger partial charge in [0.15, 0.2) is 0 Å². The second-order valence-electron chi connectivity index (χ2n) is 8.71. The van der Waals surface area contributed by atoms with Crippen molar-refractivity contribution in [3.8, 4) is 5.75 Å². The molecule has 3 rings (SSSR count). The zero-order valence-corrected chi connectivity index (χ0v) is 21.9. The van der Waals surface area contributed by atoms with E-state index in [1.807, 2.05) is 13.8 Å². The number of hydrazine groups is 1. The number of amides is 1. The summed E-state index contributed by atoms with van der Waals surface area (Å²) in [5, 5.41) is 11.0. The summed E-state index contributed by atoms with van der Waals surface area (Å²) in [6.45, 7) is 6.18. The minimum Gasteiger partial charge on any atom is -0.494 e. The Labute approximate surface area is 219 Å². The van der Waals surface area contributed by atoms with E-state index in [1.165, 1.54) is 24.4 Å². The molecule has 0 unspecified atom stereocenters. The van der Waals surface area contributed by atoms with Crippen LogP contribution in [0.15, 0.2) is 42.7 Å². The molecule has 3 aromatic rings. The van der Waals surface area contributed by atoms with E-state index in [1.54, 1.807) is 37.0 Å². The van der Waals surface area contributed by atoms with Gasteiger partial charge in [0.05, 0.1) is 35.9 Å². The van der Waals surface area contributed by atoms with Gasteiger partial charge in [-0.2, -0.15) is 18.3 Å². The highest BCUT2D eigenvalue weighted by molar-refractivity contribution is 6.06. The number of rotatable bonds is 9. The maximum absolute atomic E-state index is 13.6. The first-order chi connectivity index (χ1) is 17.9. The van der Waals surface area contributed by atoms with Gasteiger partial charge in [-0.15, -0.1) is 0 Å². The second kappa shape index (κ2) is 11.6.